The van der Waals surface area contributed by atoms with Gasteiger partial charge in [-0.1, -0.05) is 44.2 Å². The summed E-state index contributed by atoms with van der Waals surface area (Å²) in [6, 6.07) is 8.02. The molecule has 1 aromatic carbocycles. The number of nitriles is 1. The van der Waals surface area contributed by atoms with Gasteiger partial charge in [0.1, 0.15) is 6.07 Å². The topological polar surface area (TPSA) is 49.8 Å². The highest BCUT2D eigenvalue weighted by molar-refractivity contribution is 5.57. The molecule has 90 valence electrons. The first kappa shape index (κ1) is 12.0. The van der Waals surface area contributed by atoms with E-state index < -0.39 is 0 Å². The van der Waals surface area contributed by atoms with Crippen LogP contribution >= 0.6 is 0 Å². The highest BCUT2D eigenvalue weighted by Gasteiger charge is 2.14. The maximum atomic E-state index is 9.11. The maximum Gasteiger partial charge on any atom is 0.102 e. The predicted molar refractivity (Wildman–Crippen MR) is 70.5 cm³/mol. The standard InChI is InChI=1S/C15H20N2/c16-11-14-13(7-4-8-15(14)17)10-9-12-5-2-1-3-6-12/h4,7-8,12H,1-3,5-6,9-10,17H2. The van der Waals surface area contributed by atoms with Gasteiger partial charge >= 0.3 is 0 Å². The highest BCUT2D eigenvalue weighted by atomic mass is 14.6. The van der Waals surface area contributed by atoms with Crippen molar-refractivity contribution in [1.82, 2.24) is 0 Å². The van der Waals surface area contributed by atoms with E-state index in [4.69, 9.17) is 11.0 Å². The fourth-order valence-corrected chi connectivity index (χ4v) is 2.80. The molecule has 2 rings (SSSR count). The van der Waals surface area contributed by atoms with Gasteiger partial charge in [-0.25, -0.2) is 0 Å². The number of benzene rings is 1. The smallest absolute Gasteiger partial charge is 0.102 e. The molecule has 0 heterocycles. The lowest BCUT2D eigenvalue weighted by Crippen LogP contribution is -2.08. The number of hydrogen-bond donors (Lipinski definition) is 1. The van der Waals surface area contributed by atoms with Crippen molar-refractivity contribution >= 4 is 5.69 Å². The third-order valence-corrected chi connectivity index (χ3v) is 3.84. The van der Waals surface area contributed by atoms with E-state index >= 15 is 0 Å². The molecule has 0 bridgehead atoms. The van der Waals surface area contributed by atoms with Gasteiger partial charge in [0.15, 0.2) is 0 Å². The lowest BCUT2D eigenvalue weighted by atomic mass is 9.84. The van der Waals surface area contributed by atoms with Crippen molar-refractivity contribution in [3.8, 4) is 6.07 Å². The second-order valence-electron chi connectivity index (χ2n) is 5.04. The summed E-state index contributed by atoms with van der Waals surface area (Å²) in [5.41, 5.74) is 8.24. The quantitative estimate of drug-likeness (QED) is 0.803. The van der Waals surface area contributed by atoms with Crippen molar-refractivity contribution in [3.63, 3.8) is 0 Å². The summed E-state index contributed by atoms with van der Waals surface area (Å²) in [5.74, 6) is 0.858. The minimum absolute atomic E-state index is 0.619. The molecule has 0 unspecified atom stereocenters. The van der Waals surface area contributed by atoms with Gasteiger partial charge in [-0.2, -0.15) is 5.26 Å². The van der Waals surface area contributed by atoms with Gasteiger partial charge in [0, 0.05) is 5.69 Å². The van der Waals surface area contributed by atoms with E-state index in [0.717, 1.165) is 17.9 Å². The zero-order valence-corrected chi connectivity index (χ0v) is 10.3. The first-order chi connectivity index (χ1) is 8.31. The number of rotatable bonds is 3. The molecule has 2 N–H and O–H groups in total. The van der Waals surface area contributed by atoms with Crippen LogP contribution in [0.25, 0.3) is 0 Å². The number of anilines is 1. The van der Waals surface area contributed by atoms with Crippen LogP contribution in [0.2, 0.25) is 0 Å². The number of aryl methyl sites for hydroxylation is 1. The van der Waals surface area contributed by atoms with Crippen LogP contribution in [-0.4, -0.2) is 0 Å². The Morgan fingerprint density at radius 1 is 1.24 bits per heavy atom. The van der Waals surface area contributed by atoms with Crippen molar-refractivity contribution in [2.45, 2.75) is 44.9 Å². The minimum atomic E-state index is 0.619. The number of nitrogens with two attached hydrogens (primary N) is 1. The fraction of sp³-hybridized carbons (Fsp3) is 0.533. The Hall–Kier alpha value is -1.49. The normalized spacial score (nSPS) is 16.6. The highest BCUT2D eigenvalue weighted by Crippen LogP contribution is 2.28. The predicted octanol–water partition coefficient (Wildman–Crippen LogP) is 3.65. The molecule has 2 heteroatoms. The van der Waals surface area contributed by atoms with E-state index in [1.54, 1.807) is 0 Å². The van der Waals surface area contributed by atoms with Crippen LogP contribution in [0, 0.1) is 17.2 Å². The second kappa shape index (κ2) is 5.72. The third kappa shape index (κ3) is 3.00. The lowest BCUT2D eigenvalue weighted by molar-refractivity contribution is 0.339. The Labute approximate surface area is 103 Å². The van der Waals surface area contributed by atoms with Gasteiger partial charge in [0.2, 0.25) is 0 Å². The van der Waals surface area contributed by atoms with Crippen LogP contribution in [0.4, 0.5) is 5.69 Å². The average molecular weight is 228 g/mol. The van der Waals surface area contributed by atoms with Crippen molar-refractivity contribution < 1.29 is 0 Å². The number of nitrogen functional groups attached to an aromatic ring is 1. The molecule has 1 fully saturated rings. The van der Waals surface area contributed by atoms with Crippen LogP contribution < -0.4 is 5.73 Å². The van der Waals surface area contributed by atoms with E-state index in [-0.39, 0.29) is 0 Å². The molecule has 1 aliphatic carbocycles. The van der Waals surface area contributed by atoms with Crippen LogP contribution in [0.15, 0.2) is 18.2 Å². The molecule has 0 aliphatic heterocycles. The third-order valence-electron chi connectivity index (χ3n) is 3.84. The lowest BCUT2D eigenvalue weighted by Gasteiger charge is -2.21. The van der Waals surface area contributed by atoms with Crippen molar-refractivity contribution in [1.29, 1.82) is 5.26 Å². The van der Waals surface area contributed by atoms with E-state index in [9.17, 15) is 0 Å². The molecule has 1 aromatic rings. The van der Waals surface area contributed by atoms with Gasteiger partial charge in [-0.05, 0) is 30.4 Å². The molecular formula is C15H20N2. The molecule has 0 atom stereocenters. The molecule has 0 saturated heterocycles. The van der Waals surface area contributed by atoms with Gasteiger partial charge in [0.25, 0.3) is 0 Å². The maximum absolute atomic E-state index is 9.11. The largest absolute Gasteiger partial charge is 0.398 e. The fourth-order valence-electron chi connectivity index (χ4n) is 2.80. The molecule has 1 saturated carbocycles. The van der Waals surface area contributed by atoms with Gasteiger partial charge in [0.05, 0.1) is 5.56 Å². The summed E-state index contributed by atoms with van der Waals surface area (Å²) in [4.78, 5) is 0. The average Bonchev–Trinajstić information content (AvgIpc) is 2.37. The second-order valence-corrected chi connectivity index (χ2v) is 5.04. The molecule has 0 spiro atoms. The summed E-state index contributed by atoms with van der Waals surface area (Å²) >= 11 is 0. The van der Waals surface area contributed by atoms with Crippen LogP contribution in [0.5, 0.6) is 0 Å². The monoisotopic (exact) mass is 228 g/mol. The van der Waals surface area contributed by atoms with Gasteiger partial charge in [-0.3, -0.25) is 0 Å². The van der Waals surface area contributed by atoms with Crippen molar-refractivity contribution in [2.24, 2.45) is 5.92 Å². The van der Waals surface area contributed by atoms with E-state index in [0.29, 0.717) is 11.3 Å². The van der Waals surface area contributed by atoms with E-state index in [1.807, 2.05) is 18.2 Å². The molecule has 1 aliphatic rings. The summed E-state index contributed by atoms with van der Waals surface area (Å²) in [7, 11) is 0. The Balaban J connectivity index is 1.99. The Morgan fingerprint density at radius 2 is 2.00 bits per heavy atom. The van der Waals surface area contributed by atoms with Crippen LogP contribution in [0.1, 0.15) is 49.7 Å². The van der Waals surface area contributed by atoms with Crippen molar-refractivity contribution in [3.05, 3.63) is 29.3 Å². The Bertz CT molecular complexity index is 411. The van der Waals surface area contributed by atoms with Crippen molar-refractivity contribution in [2.75, 3.05) is 5.73 Å². The molecule has 0 radical (unpaired) electrons. The van der Waals surface area contributed by atoms with E-state index in [1.165, 1.54) is 38.5 Å². The molecule has 17 heavy (non-hydrogen) atoms. The van der Waals surface area contributed by atoms with E-state index in [2.05, 4.69) is 6.07 Å². The minimum Gasteiger partial charge on any atom is -0.398 e. The molecular weight excluding hydrogens is 208 g/mol. The molecule has 2 nitrogen and oxygen atoms in total. The van der Waals surface area contributed by atoms with Gasteiger partial charge in [-0.15, -0.1) is 0 Å². The number of nitrogens with zero attached hydrogens (tertiary/aromatic N) is 1. The SMILES string of the molecule is N#Cc1c(N)cccc1CCC1CCCCC1. The number of hydrogen-bond acceptors (Lipinski definition) is 2. The molecule has 0 aromatic heterocycles. The summed E-state index contributed by atoms with van der Waals surface area (Å²) in [6.45, 7) is 0. The van der Waals surface area contributed by atoms with Crippen LogP contribution in [-0.2, 0) is 6.42 Å². The first-order valence-corrected chi connectivity index (χ1v) is 6.58. The summed E-state index contributed by atoms with van der Waals surface area (Å²) < 4.78 is 0. The zero-order chi connectivity index (χ0) is 12.1. The molecule has 0 amide bonds. The summed E-state index contributed by atoms with van der Waals surface area (Å²) in [6.07, 6.45) is 9.10. The Kier molecular flexibility index (Phi) is 4.03. The first-order valence-electron chi connectivity index (χ1n) is 6.58. The zero-order valence-electron chi connectivity index (χ0n) is 10.3. The van der Waals surface area contributed by atoms with Gasteiger partial charge < -0.3 is 5.73 Å². The Morgan fingerprint density at radius 3 is 2.71 bits per heavy atom. The van der Waals surface area contributed by atoms with Crippen LogP contribution in [0.3, 0.4) is 0 Å². The summed E-state index contributed by atoms with van der Waals surface area (Å²) in [5, 5.41) is 9.11.